The maximum atomic E-state index is 12.6. The number of hydrogen-bond acceptors (Lipinski definition) is 7. The first-order valence-corrected chi connectivity index (χ1v) is 11.8. The zero-order valence-electron chi connectivity index (χ0n) is 18.7. The number of carbonyl (C=O) groups is 1. The third-order valence-electron chi connectivity index (χ3n) is 5.71. The van der Waals surface area contributed by atoms with Crippen molar-refractivity contribution in [3.05, 3.63) is 76.7 Å². The van der Waals surface area contributed by atoms with E-state index in [0.717, 1.165) is 22.0 Å². The number of fused-ring (bicyclic) bond motifs is 1. The van der Waals surface area contributed by atoms with Gasteiger partial charge in [0.1, 0.15) is 10.8 Å². The van der Waals surface area contributed by atoms with E-state index in [4.69, 9.17) is 4.74 Å². The Morgan fingerprint density at radius 3 is 2.50 bits per heavy atom. The molecule has 1 fully saturated rings. The summed E-state index contributed by atoms with van der Waals surface area (Å²) in [4.78, 5) is 34.5. The van der Waals surface area contributed by atoms with Gasteiger partial charge in [0, 0.05) is 50.0 Å². The van der Waals surface area contributed by atoms with Crippen LogP contribution in [0.1, 0.15) is 5.69 Å². The van der Waals surface area contributed by atoms with E-state index < -0.39 is 0 Å². The van der Waals surface area contributed by atoms with E-state index in [2.05, 4.69) is 20.3 Å². The van der Waals surface area contributed by atoms with Gasteiger partial charge in [-0.2, -0.15) is 9.61 Å². The predicted octanol–water partition coefficient (Wildman–Crippen LogP) is 3.18. The van der Waals surface area contributed by atoms with Crippen LogP contribution in [0.15, 0.2) is 65.5 Å². The summed E-state index contributed by atoms with van der Waals surface area (Å²) in [5.74, 6) is 0.743. The van der Waals surface area contributed by atoms with Crippen molar-refractivity contribution in [2.45, 2.75) is 6.54 Å². The highest BCUT2D eigenvalue weighted by molar-refractivity contribution is 7.19. The van der Waals surface area contributed by atoms with Gasteiger partial charge in [0.25, 0.3) is 5.56 Å². The number of aromatic nitrogens is 3. The van der Waals surface area contributed by atoms with Gasteiger partial charge >= 0.3 is 6.03 Å². The van der Waals surface area contributed by atoms with Crippen LogP contribution in [0.2, 0.25) is 0 Å². The smallest absolute Gasteiger partial charge is 0.321 e. The zero-order chi connectivity index (χ0) is 23.5. The van der Waals surface area contributed by atoms with Crippen LogP contribution in [0.25, 0.3) is 15.5 Å². The highest BCUT2D eigenvalue weighted by Crippen LogP contribution is 2.24. The third kappa shape index (κ3) is 4.78. The highest BCUT2D eigenvalue weighted by atomic mass is 32.1. The molecule has 5 rings (SSSR count). The molecule has 2 aromatic heterocycles. The number of rotatable bonds is 5. The molecule has 3 heterocycles. The van der Waals surface area contributed by atoms with Crippen molar-refractivity contribution in [2.75, 3.05) is 38.6 Å². The molecule has 2 amide bonds. The number of ether oxygens (including phenoxy) is 1. The predicted molar refractivity (Wildman–Crippen MR) is 131 cm³/mol. The number of hydrogen-bond donors (Lipinski definition) is 1. The number of benzene rings is 2. The first-order chi connectivity index (χ1) is 16.6. The quantitative estimate of drug-likeness (QED) is 0.476. The zero-order valence-corrected chi connectivity index (χ0v) is 19.5. The maximum absolute atomic E-state index is 12.6. The van der Waals surface area contributed by atoms with Crippen LogP contribution < -0.4 is 15.6 Å². The topological polar surface area (TPSA) is 92.1 Å². The fourth-order valence-corrected chi connectivity index (χ4v) is 4.78. The SMILES string of the molecule is COc1ccc(NC(=O)N2CCN(Cc3cc(=O)n4nc(-c5ccccc5)sc4n3)CC2)cc1. The molecule has 0 spiro atoms. The van der Waals surface area contributed by atoms with Crippen molar-refractivity contribution >= 4 is 28.0 Å². The Balaban J connectivity index is 1.20. The average molecular weight is 477 g/mol. The van der Waals surface area contributed by atoms with E-state index in [0.29, 0.717) is 43.4 Å². The summed E-state index contributed by atoms with van der Waals surface area (Å²) in [7, 11) is 1.61. The van der Waals surface area contributed by atoms with Crippen LogP contribution in [0.5, 0.6) is 5.75 Å². The summed E-state index contributed by atoms with van der Waals surface area (Å²) in [6, 6.07) is 18.4. The molecule has 1 saturated heterocycles. The molecule has 1 aliphatic rings. The van der Waals surface area contributed by atoms with Gasteiger partial charge in [-0.25, -0.2) is 9.78 Å². The maximum Gasteiger partial charge on any atom is 0.321 e. The fraction of sp³-hybridized carbons (Fsp3) is 0.250. The van der Waals surface area contributed by atoms with Crippen molar-refractivity contribution in [3.8, 4) is 16.3 Å². The standard InChI is InChI=1S/C24H24N6O3S/c1-33-20-9-7-18(8-10-20)25-23(32)29-13-11-28(12-14-29)16-19-15-21(31)30-24(26-19)34-22(27-30)17-5-3-2-4-6-17/h2-10,15H,11-14,16H2,1H3,(H,25,32). The number of nitrogens with one attached hydrogen (secondary N) is 1. The average Bonchev–Trinajstić information content (AvgIpc) is 3.30. The first-order valence-electron chi connectivity index (χ1n) is 11.0. The third-order valence-corrected chi connectivity index (χ3v) is 6.66. The van der Waals surface area contributed by atoms with Crippen molar-refractivity contribution in [1.29, 1.82) is 0 Å². The van der Waals surface area contributed by atoms with Crippen molar-refractivity contribution in [1.82, 2.24) is 24.4 Å². The number of methoxy groups -OCH3 is 1. The van der Waals surface area contributed by atoms with Crippen LogP contribution in [0.4, 0.5) is 10.5 Å². The van der Waals surface area contributed by atoms with Crippen LogP contribution in [0, 0.1) is 0 Å². The molecule has 4 aromatic rings. The lowest BCUT2D eigenvalue weighted by Gasteiger charge is -2.34. The van der Waals surface area contributed by atoms with E-state index in [1.54, 1.807) is 18.1 Å². The van der Waals surface area contributed by atoms with Crippen molar-refractivity contribution in [2.24, 2.45) is 0 Å². The van der Waals surface area contributed by atoms with E-state index in [1.807, 2.05) is 54.6 Å². The van der Waals surface area contributed by atoms with Gasteiger partial charge in [0.2, 0.25) is 4.96 Å². The van der Waals surface area contributed by atoms with Crippen molar-refractivity contribution in [3.63, 3.8) is 0 Å². The summed E-state index contributed by atoms with van der Waals surface area (Å²) < 4.78 is 6.51. The molecule has 10 heteroatoms. The lowest BCUT2D eigenvalue weighted by molar-refractivity contribution is 0.142. The molecule has 0 radical (unpaired) electrons. The Hall–Kier alpha value is -3.76. The van der Waals surface area contributed by atoms with Crippen LogP contribution in [-0.2, 0) is 6.54 Å². The minimum Gasteiger partial charge on any atom is -0.497 e. The second kappa shape index (κ2) is 9.62. The van der Waals surface area contributed by atoms with Gasteiger partial charge < -0.3 is 15.0 Å². The number of urea groups is 1. The van der Waals surface area contributed by atoms with Gasteiger partial charge in [0.05, 0.1) is 12.8 Å². The van der Waals surface area contributed by atoms with Crippen LogP contribution in [-0.4, -0.2) is 63.7 Å². The van der Waals surface area contributed by atoms with E-state index >= 15 is 0 Å². The molecule has 34 heavy (non-hydrogen) atoms. The highest BCUT2D eigenvalue weighted by Gasteiger charge is 2.22. The van der Waals surface area contributed by atoms with E-state index in [-0.39, 0.29) is 11.6 Å². The Bertz CT molecular complexity index is 1340. The number of carbonyl (C=O) groups excluding carboxylic acids is 1. The minimum atomic E-state index is -0.184. The molecular formula is C24H24N6O3S. The normalized spacial score (nSPS) is 14.3. The summed E-state index contributed by atoms with van der Waals surface area (Å²) in [5.41, 5.74) is 2.22. The Morgan fingerprint density at radius 1 is 1.06 bits per heavy atom. The summed E-state index contributed by atoms with van der Waals surface area (Å²) in [6.45, 7) is 3.16. The Labute approximate surface area is 200 Å². The van der Waals surface area contributed by atoms with Crippen LogP contribution >= 0.6 is 11.3 Å². The fourth-order valence-electron chi connectivity index (χ4n) is 3.85. The van der Waals surface area contributed by atoms with Gasteiger partial charge in [0.15, 0.2) is 0 Å². The molecular weight excluding hydrogens is 452 g/mol. The minimum absolute atomic E-state index is 0.124. The second-order valence-electron chi connectivity index (χ2n) is 7.98. The number of anilines is 1. The first kappa shape index (κ1) is 22.1. The summed E-state index contributed by atoms with van der Waals surface area (Å²) >= 11 is 1.40. The largest absolute Gasteiger partial charge is 0.497 e. The van der Waals surface area contributed by atoms with Gasteiger partial charge in [-0.3, -0.25) is 9.69 Å². The molecule has 0 aliphatic carbocycles. The number of nitrogens with zero attached hydrogens (tertiary/aromatic N) is 5. The van der Waals surface area contributed by atoms with Gasteiger partial charge in [-0.15, -0.1) is 0 Å². The molecule has 0 unspecified atom stereocenters. The molecule has 1 N–H and O–H groups in total. The second-order valence-corrected chi connectivity index (χ2v) is 8.93. The summed E-state index contributed by atoms with van der Waals surface area (Å²) in [5, 5.41) is 8.12. The lowest BCUT2D eigenvalue weighted by atomic mass is 10.2. The van der Waals surface area contributed by atoms with Crippen molar-refractivity contribution < 1.29 is 9.53 Å². The molecule has 0 bridgehead atoms. The molecule has 0 atom stereocenters. The monoisotopic (exact) mass is 476 g/mol. The number of amides is 2. The molecule has 9 nitrogen and oxygen atoms in total. The molecule has 174 valence electrons. The lowest BCUT2D eigenvalue weighted by Crippen LogP contribution is -2.49. The van der Waals surface area contributed by atoms with E-state index in [1.165, 1.54) is 15.9 Å². The molecule has 2 aromatic carbocycles. The van der Waals surface area contributed by atoms with E-state index in [9.17, 15) is 9.59 Å². The molecule has 0 saturated carbocycles. The molecule has 1 aliphatic heterocycles. The van der Waals surface area contributed by atoms with Crippen LogP contribution in [0.3, 0.4) is 0 Å². The van der Waals surface area contributed by atoms with Gasteiger partial charge in [-0.1, -0.05) is 41.7 Å². The Morgan fingerprint density at radius 2 is 1.79 bits per heavy atom. The number of piperazine rings is 1. The Kier molecular flexibility index (Phi) is 6.24. The van der Waals surface area contributed by atoms with Gasteiger partial charge in [-0.05, 0) is 24.3 Å². The summed E-state index contributed by atoms with van der Waals surface area (Å²) in [6.07, 6.45) is 0.